The van der Waals surface area contributed by atoms with Crippen LogP contribution in [0, 0.1) is 0 Å². The Morgan fingerprint density at radius 1 is 1.19 bits per heavy atom. The molecule has 0 atom stereocenters. The van der Waals surface area contributed by atoms with E-state index in [-0.39, 0.29) is 5.91 Å². The molecule has 1 heterocycles. The molecule has 1 amide bonds. The highest BCUT2D eigenvalue weighted by Crippen LogP contribution is 2.21. The van der Waals surface area contributed by atoms with Crippen molar-refractivity contribution >= 4 is 12.1 Å². The van der Waals surface area contributed by atoms with Crippen LogP contribution in [-0.4, -0.2) is 36.0 Å². The SMILES string of the molecule is CCOc1ccc(-c2cc(C(=O)N/N=C/c3cccc(OC)c3)[nH]n2)cc1. The van der Waals surface area contributed by atoms with Crippen molar-refractivity contribution in [3.8, 4) is 22.8 Å². The van der Waals surface area contributed by atoms with Crippen LogP contribution in [0.5, 0.6) is 11.5 Å². The Hall–Kier alpha value is -3.61. The zero-order valence-electron chi connectivity index (χ0n) is 15.1. The number of hydrogen-bond acceptors (Lipinski definition) is 5. The molecule has 0 bridgehead atoms. The fraction of sp³-hybridized carbons (Fsp3) is 0.150. The predicted molar refractivity (Wildman–Crippen MR) is 103 cm³/mol. The fourth-order valence-electron chi connectivity index (χ4n) is 2.42. The van der Waals surface area contributed by atoms with E-state index in [1.165, 1.54) is 0 Å². The lowest BCUT2D eigenvalue weighted by Gasteiger charge is -2.02. The van der Waals surface area contributed by atoms with Gasteiger partial charge in [-0.15, -0.1) is 0 Å². The number of hydrazone groups is 1. The number of nitrogens with zero attached hydrogens (tertiary/aromatic N) is 2. The summed E-state index contributed by atoms with van der Waals surface area (Å²) in [6, 6.07) is 16.5. The number of benzene rings is 2. The molecule has 0 spiro atoms. The first-order valence-corrected chi connectivity index (χ1v) is 8.45. The van der Waals surface area contributed by atoms with Crippen LogP contribution in [0.25, 0.3) is 11.3 Å². The molecule has 138 valence electrons. The van der Waals surface area contributed by atoms with Gasteiger partial charge in [-0.25, -0.2) is 5.43 Å². The van der Waals surface area contributed by atoms with Crippen LogP contribution in [0.4, 0.5) is 0 Å². The number of carbonyl (C=O) groups excluding carboxylic acids is 1. The molecular weight excluding hydrogens is 344 g/mol. The van der Waals surface area contributed by atoms with Gasteiger partial charge in [-0.05, 0) is 55.0 Å². The highest BCUT2D eigenvalue weighted by Gasteiger charge is 2.10. The second-order valence-electron chi connectivity index (χ2n) is 5.60. The molecule has 27 heavy (non-hydrogen) atoms. The molecule has 0 saturated heterocycles. The van der Waals surface area contributed by atoms with Crippen molar-refractivity contribution in [2.45, 2.75) is 6.92 Å². The van der Waals surface area contributed by atoms with E-state index in [2.05, 4.69) is 20.7 Å². The maximum absolute atomic E-state index is 12.2. The number of rotatable bonds is 7. The summed E-state index contributed by atoms with van der Waals surface area (Å²) < 4.78 is 10.6. The van der Waals surface area contributed by atoms with Gasteiger partial charge in [-0.3, -0.25) is 9.89 Å². The second kappa shape index (κ2) is 8.66. The third kappa shape index (κ3) is 4.72. The molecule has 0 radical (unpaired) electrons. The summed E-state index contributed by atoms with van der Waals surface area (Å²) in [5.41, 5.74) is 5.16. The summed E-state index contributed by atoms with van der Waals surface area (Å²) in [5, 5.41) is 10.9. The molecule has 0 aliphatic rings. The van der Waals surface area contributed by atoms with Gasteiger partial charge in [-0.2, -0.15) is 10.2 Å². The van der Waals surface area contributed by atoms with Gasteiger partial charge < -0.3 is 9.47 Å². The monoisotopic (exact) mass is 364 g/mol. The molecule has 0 unspecified atom stereocenters. The number of methoxy groups -OCH3 is 1. The van der Waals surface area contributed by atoms with Gasteiger partial charge >= 0.3 is 0 Å². The maximum Gasteiger partial charge on any atom is 0.289 e. The normalized spacial score (nSPS) is 10.7. The van der Waals surface area contributed by atoms with Gasteiger partial charge in [0, 0.05) is 5.56 Å². The topological polar surface area (TPSA) is 88.6 Å². The molecule has 7 nitrogen and oxygen atoms in total. The second-order valence-corrected chi connectivity index (χ2v) is 5.60. The van der Waals surface area contributed by atoms with Crippen molar-refractivity contribution in [2.24, 2.45) is 5.10 Å². The first-order valence-electron chi connectivity index (χ1n) is 8.45. The Morgan fingerprint density at radius 3 is 2.74 bits per heavy atom. The van der Waals surface area contributed by atoms with Gasteiger partial charge in [0.2, 0.25) is 0 Å². The Balaban J connectivity index is 1.63. The quantitative estimate of drug-likeness (QED) is 0.497. The predicted octanol–water partition coefficient (Wildman–Crippen LogP) is 3.25. The summed E-state index contributed by atoms with van der Waals surface area (Å²) in [5.74, 6) is 1.14. The molecule has 3 aromatic rings. The number of hydrogen-bond donors (Lipinski definition) is 2. The van der Waals surface area contributed by atoms with E-state index in [1.54, 1.807) is 19.4 Å². The zero-order chi connectivity index (χ0) is 19.1. The van der Waals surface area contributed by atoms with E-state index in [0.29, 0.717) is 18.0 Å². The highest BCUT2D eigenvalue weighted by atomic mass is 16.5. The smallest absolute Gasteiger partial charge is 0.289 e. The van der Waals surface area contributed by atoms with E-state index in [4.69, 9.17) is 9.47 Å². The van der Waals surface area contributed by atoms with Gasteiger partial charge in [0.25, 0.3) is 5.91 Å². The Labute approximate surface area is 157 Å². The Kier molecular flexibility index (Phi) is 5.84. The van der Waals surface area contributed by atoms with Crippen LogP contribution in [0.15, 0.2) is 59.7 Å². The van der Waals surface area contributed by atoms with Gasteiger partial charge in [0.1, 0.15) is 17.2 Å². The van der Waals surface area contributed by atoms with E-state index in [9.17, 15) is 4.79 Å². The third-order valence-electron chi connectivity index (χ3n) is 3.76. The lowest BCUT2D eigenvalue weighted by atomic mass is 10.1. The molecule has 7 heteroatoms. The lowest BCUT2D eigenvalue weighted by Crippen LogP contribution is -2.18. The standard InChI is InChI=1S/C20H20N4O3/c1-3-27-16-9-7-15(8-10-16)18-12-19(23-22-18)20(25)24-21-13-14-5-4-6-17(11-14)26-2/h4-13H,3H2,1-2H3,(H,22,23)(H,24,25)/b21-13+. The average molecular weight is 364 g/mol. The molecule has 0 aliphatic heterocycles. The minimum atomic E-state index is -0.376. The Morgan fingerprint density at radius 2 is 2.00 bits per heavy atom. The van der Waals surface area contributed by atoms with Crippen LogP contribution >= 0.6 is 0 Å². The number of aromatic amines is 1. The summed E-state index contributed by atoms with van der Waals surface area (Å²) in [4.78, 5) is 12.2. The molecule has 3 rings (SSSR count). The maximum atomic E-state index is 12.2. The minimum absolute atomic E-state index is 0.321. The van der Waals surface area contributed by atoms with Crippen LogP contribution in [0.2, 0.25) is 0 Å². The first-order chi connectivity index (χ1) is 13.2. The van der Waals surface area contributed by atoms with E-state index < -0.39 is 0 Å². The van der Waals surface area contributed by atoms with Crippen LogP contribution < -0.4 is 14.9 Å². The molecule has 2 N–H and O–H groups in total. The highest BCUT2D eigenvalue weighted by molar-refractivity contribution is 5.94. The first kappa shape index (κ1) is 18.2. The van der Waals surface area contributed by atoms with Crippen molar-refractivity contribution in [3.63, 3.8) is 0 Å². The molecule has 0 saturated carbocycles. The van der Waals surface area contributed by atoms with Crippen LogP contribution in [0.3, 0.4) is 0 Å². The van der Waals surface area contributed by atoms with Crippen molar-refractivity contribution in [1.29, 1.82) is 0 Å². The van der Waals surface area contributed by atoms with Crippen molar-refractivity contribution in [2.75, 3.05) is 13.7 Å². The number of ether oxygens (including phenoxy) is 2. The van der Waals surface area contributed by atoms with Gasteiger partial charge in [0.05, 0.1) is 25.6 Å². The number of nitrogens with one attached hydrogen (secondary N) is 2. The summed E-state index contributed by atoms with van der Waals surface area (Å²) in [7, 11) is 1.60. The molecule has 0 fully saturated rings. The van der Waals surface area contributed by atoms with Gasteiger partial charge in [-0.1, -0.05) is 12.1 Å². The van der Waals surface area contributed by atoms with E-state index >= 15 is 0 Å². The lowest BCUT2D eigenvalue weighted by molar-refractivity contribution is 0.0950. The zero-order valence-corrected chi connectivity index (χ0v) is 15.1. The number of carbonyl (C=O) groups is 1. The minimum Gasteiger partial charge on any atom is -0.497 e. The summed E-state index contributed by atoms with van der Waals surface area (Å²) in [6.45, 7) is 2.55. The van der Waals surface area contributed by atoms with Gasteiger partial charge in [0.15, 0.2) is 0 Å². The van der Waals surface area contributed by atoms with Crippen LogP contribution in [-0.2, 0) is 0 Å². The number of aromatic nitrogens is 2. The van der Waals surface area contributed by atoms with E-state index in [1.807, 2.05) is 55.5 Å². The average Bonchev–Trinajstić information content (AvgIpc) is 3.19. The number of amides is 1. The largest absolute Gasteiger partial charge is 0.497 e. The van der Waals surface area contributed by atoms with E-state index in [0.717, 1.165) is 22.6 Å². The molecule has 1 aromatic heterocycles. The van der Waals surface area contributed by atoms with Crippen molar-refractivity contribution < 1.29 is 14.3 Å². The fourth-order valence-corrected chi connectivity index (χ4v) is 2.42. The van der Waals surface area contributed by atoms with Crippen molar-refractivity contribution in [1.82, 2.24) is 15.6 Å². The number of H-pyrrole nitrogens is 1. The Bertz CT molecular complexity index is 932. The van der Waals surface area contributed by atoms with Crippen molar-refractivity contribution in [3.05, 3.63) is 65.9 Å². The summed E-state index contributed by atoms with van der Waals surface area (Å²) >= 11 is 0. The third-order valence-corrected chi connectivity index (χ3v) is 3.76. The molecular formula is C20H20N4O3. The molecule has 2 aromatic carbocycles. The molecule has 0 aliphatic carbocycles. The summed E-state index contributed by atoms with van der Waals surface area (Å²) in [6.07, 6.45) is 1.55. The van der Waals surface area contributed by atoms with Crippen LogP contribution in [0.1, 0.15) is 23.0 Å².